The molecule has 0 aliphatic carbocycles. The molecular weight excluding hydrogens is 329 g/mol. The van der Waals surface area contributed by atoms with Crippen molar-refractivity contribution >= 4 is 23.1 Å². The number of carbonyl (C=O) groups excluding carboxylic acids is 1. The molecule has 124 valence electrons. The van der Waals surface area contributed by atoms with E-state index in [0.717, 1.165) is 0 Å². The first-order valence-corrected chi connectivity index (χ1v) is 8.41. The fourth-order valence-electron chi connectivity index (χ4n) is 2.53. The van der Waals surface area contributed by atoms with Gasteiger partial charge in [-0.1, -0.05) is 18.2 Å². The SMILES string of the molecule is CCOC(=O)C1=C(C)NC(c2cscn2)=NC1c1ccccc1F. The van der Waals surface area contributed by atoms with Gasteiger partial charge in [0, 0.05) is 16.6 Å². The molecule has 1 aromatic carbocycles. The molecule has 24 heavy (non-hydrogen) atoms. The van der Waals surface area contributed by atoms with Crippen molar-refractivity contribution in [2.45, 2.75) is 19.9 Å². The van der Waals surface area contributed by atoms with Crippen LogP contribution in [0.25, 0.3) is 0 Å². The lowest BCUT2D eigenvalue weighted by molar-refractivity contribution is -0.138. The van der Waals surface area contributed by atoms with Gasteiger partial charge in [-0.15, -0.1) is 11.3 Å². The van der Waals surface area contributed by atoms with Gasteiger partial charge in [-0.05, 0) is 19.9 Å². The van der Waals surface area contributed by atoms with Gasteiger partial charge in [0.2, 0.25) is 0 Å². The van der Waals surface area contributed by atoms with E-state index in [2.05, 4.69) is 15.3 Å². The Hall–Kier alpha value is -2.54. The first-order chi connectivity index (χ1) is 11.6. The number of carbonyl (C=O) groups is 1. The summed E-state index contributed by atoms with van der Waals surface area (Å²) in [4.78, 5) is 21.1. The van der Waals surface area contributed by atoms with Crippen LogP contribution in [0, 0.1) is 5.82 Å². The number of halogens is 1. The van der Waals surface area contributed by atoms with Crippen LogP contribution in [0.5, 0.6) is 0 Å². The molecule has 1 atom stereocenters. The van der Waals surface area contributed by atoms with Crippen LogP contribution in [0.4, 0.5) is 4.39 Å². The van der Waals surface area contributed by atoms with E-state index in [1.165, 1.54) is 17.4 Å². The number of amidine groups is 1. The highest BCUT2D eigenvalue weighted by molar-refractivity contribution is 7.07. The lowest BCUT2D eigenvalue weighted by Crippen LogP contribution is -2.33. The largest absolute Gasteiger partial charge is 0.463 e. The van der Waals surface area contributed by atoms with Crippen molar-refractivity contribution < 1.29 is 13.9 Å². The van der Waals surface area contributed by atoms with Crippen LogP contribution in [0.1, 0.15) is 31.1 Å². The summed E-state index contributed by atoms with van der Waals surface area (Å²) >= 11 is 1.44. The third-order valence-electron chi connectivity index (χ3n) is 3.61. The van der Waals surface area contributed by atoms with Crippen molar-refractivity contribution in [2.24, 2.45) is 4.99 Å². The number of hydrogen-bond acceptors (Lipinski definition) is 6. The summed E-state index contributed by atoms with van der Waals surface area (Å²) in [5, 5.41) is 4.92. The Kier molecular flexibility index (Phi) is 4.71. The van der Waals surface area contributed by atoms with Gasteiger partial charge in [-0.3, -0.25) is 4.99 Å². The van der Waals surface area contributed by atoms with E-state index in [1.807, 2.05) is 5.38 Å². The fraction of sp³-hybridized carbons (Fsp3) is 0.235. The van der Waals surface area contributed by atoms with Crippen LogP contribution in [0.3, 0.4) is 0 Å². The van der Waals surface area contributed by atoms with Gasteiger partial charge in [-0.2, -0.15) is 0 Å². The highest BCUT2D eigenvalue weighted by Gasteiger charge is 2.32. The summed E-state index contributed by atoms with van der Waals surface area (Å²) < 4.78 is 19.4. The number of ether oxygens (including phenoxy) is 1. The summed E-state index contributed by atoms with van der Waals surface area (Å²) in [6.45, 7) is 3.72. The average Bonchev–Trinajstić information content (AvgIpc) is 3.09. The smallest absolute Gasteiger partial charge is 0.338 e. The Balaban J connectivity index is 2.10. The number of allylic oxidation sites excluding steroid dienone is 1. The van der Waals surface area contributed by atoms with E-state index in [1.54, 1.807) is 37.6 Å². The molecule has 0 saturated heterocycles. The van der Waals surface area contributed by atoms with E-state index < -0.39 is 17.8 Å². The van der Waals surface area contributed by atoms with E-state index in [0.29, 0.717) is 28.4 Å². The predicted molar refractivity (Wildman–Crippen MR) is 90.3 cm³/mol. The van der Waals surface area contributed by atoms with Crippen molar-refractivity contribution in [1.82, 2.24) is 10.3 Å². The summed E-state index contributed by atoms with van der Waals surface area (Å²) in [6.07, 6.45) is 0. The number of nitrogens with one attached hydrogen (secondary N) is 1. The molecule has 0 spiro atoms. The second-order valence-corrected chi connectivity index (χ2v) is 5.88. The van der Waals surface area contributed by atoms with Crippen LogP contribution in [-0.2, 0) is 9.53 Å². The Bertz CT molecular complexity index is 815. The standard InChI is InChI=1S/C17H16FN3O2S/c1-3-23-17(22)14-10(2)20-16(13-8-24-9-19-13)21-15(14)11-6-4-5-7-12(11)18/h4-9,15H,3H2,1-2H3,(H,20,21). The first-order valence-electron chi connectivity index (χ1n) is 7.47. The molecule has 5 nitrogen and oxygen atoms in total. The van der Waals surface area contributed by atoms with Crippen LogP contribution in [0.2, 0.25) is 0 Å². The van der Waals surface area contributed by atoms with Crippen LogP contribution in [0.15, 0.2) is 51.4 Å². The zero-order valence-corrected chi connectivity index (χ0v) is 14.1. The monoisotopic (exact) mass is 345 g/mol. The highest BCUT2D eigenvalue weighted by atomic mass is 32.1. The Morgan fingerprint density at radius 2 is 2.21 bits per heavy atom. The maximum absolute atomic E-state index is 14.3. The molecule has 7 heteroatoms. The molecule has 0 saturated carbocycles. The third kappa shape index (κ3) is 3.07. The van der Waals surface area contributed by atoms with Gasteiger partial charge in [-0.25, -0.2) is 14.2 Å². The molecule has 1 unspecified atom stereocenters. The second kappa shape index (κ2) is 6.92. The Morgan fingerprint density at radius 3 is 2.88 bits per heavy atom. The van der Waals surface area contributed by atoms with Gasteiger partial charge < -0.3 is 10.1 Å². The maximum Gasteiger partial charge on any atom is 0.338 e. The van der Waals surface area contributed by atoms with Gasteiger partial charge in [0.1, 0.15) is 17.6 Å². The number of rotatable bonds is 4. The number of aromatic nitrogens is 1. The molecule has 1 aliphatic rings. The molecule has 0 fully saturated rings. The highest BCUT2D eigenvalue weighted by Crippen LogP contribution is 2.33. The zero-order valence-electron chi connectivity index (χ0n) is 13.2. The number of aliphatic imine (C=N–C) groups is 1. The molecule has 1 aliphatic heterocycles. The molecule has 0 bridgehead atoms. The molecular formula is C17H16FN3O2S. The van der Waals surface area contributed by atoms with Gasteiger partial charge in [0.15, 0.2) is 5.84 Å². The van der Waals surface area contributed by atoms with Crippen molar-refractivity contribution in [3.63, 3.8) is 0 Å². The number of benzene rings is 1. The summed E-state index contributed by atoms with van der Waals surface area (Å²) in [6, 6.07) is 5.53. The number of hydrogen-bond donors (Lipinski definition) is 1. The summed E-state index contributed by atoms with van der Waals surface area (Å²) in [5.41, 5.74) is 3.57. The molecule has 1 N–H and O–H groups in total. The van der Waals surface area contributed by atoms with Crippen LogP contribution >= 0.6 is 11.3 Å². The van der Waals surface area contributed by atoms with E-state index in [4.69, 9.17) is 4.74 Å². The predicted octanol–water partition coefficient (Wildman–Crippen LogP) is 3.21. The number of thiazole rings is 1. The molecule has 3 rings (SSSR count). The minimum Gasteiger partial charge on any atom is -0.463 e. The quantitative estimate of drug-likeness (QED) is 0.864. The second-order valence-electron chi connectivity index (χ2n) is 5.16. The minimum atomic E-state index is -0.775. The molecule has 0 amide bonds. The van der Waals surface area contributed by atoms with Crippen molar-refractivity contribution in [3.8, 4) is 0 Å². The van der Waals surface area contributed by atoms with Crippen LogP contribution < -0.4 is 5.32 Å². The maximum atomic E-state index is 14.3. The lowest BCUT2D eigenvalue weighted by Gasteiger charge is -2.25. The van der Waals surface area contributed by atoms with Crippen LogP contribution in [-0.4, -0.2) is 23.4 Å². The zero-order chi connectivity index (χ0) is 17.1. The normalized spacial score (nSPS) is 17.3. The van der Waals surface area contributed by atoms with Crippen molar-refractivity contribution in [3.05, 3.63) is 63.5 Å². The number of esters is 1. The molecule has 0 radical (unpaired) electrons. The summed E-state index contributed by atoms with van der Waals surface area (Å²) in [5.74, 6) is -0.410. The van der Waals surface area contributed by atoms with E-state index in [-0.39, 0.29) is 6.61 Å². The average molecular weight is 345 g/mol. The van der Waals surface area contributed by atoms with Gasteiger partial charge in [0.05, 0.1) is 17.7 Å². The van der Waals surface area contributed by atoms with E-state index >= 15 is 0 Å². The molecule has 2 aromatic rings. The van der Waals surface area contributed by atoms with Gasteiger partial charge >= 0.3 is 5.97 Å². The number of nitrogens with zero attached hydrogens (tertiary/aromatic N) is 2. The Morgan fingerprint density at radius 1 is 1.42 bits per heavy atom. The lowest BCUT2D eigenvalue weighted by atomic mass is 9.95. The van der Waals surface area contributed by atoms with E-state index in [9.17, 15) is 9.18 Å². The van der Waals surface area contributed by atoms with Crippen molar-refractivity contribution in [2.75, 3.05) is 6.61 Å². The molecule has 1 aromatic heterocycles. The summed E-state index contributed by atoms with van der Waals surface area (Å²) in [7, 11) is 0. The van der Waals surface area contributed by atoms with Gasteiger partial charge in [0.25, 0.3) is 0 Å². The molecule has 2 heterocycles. The Labute approximate surface area is 142 Å². The van der Waals surface area contributed by atoms with Crippen molar-refractivity contribution in [1.29, 1.82) is 0 Å². The third-order valence-corrected chi connectivity index (χ3v) is 4.20. The minimum absolute atomic E-state index is 0.238. The fourth-order valence-corrected chi connectivity index (χ4v) is 3.07. The first kappa shape index (κ1) is 16.3. The topological polar surface area (TPSA) is 63.6 Å².